The molecule has 0 spiro atoms. The number of nitrogens with two attached hydrogens (primary N) is 1. The van der Waals surface area contributed by atoms with Crippen LogP contribution in [-0.2, 0) is 16.6 Å². The van der Waals surface area contributed by atoms with Gasteiger partial charge in [0, 0.05) is 11.0 Å². The average Bonchev–Trinajstić information content (AvgIpc) is 2.84. The number of carbonyl (C=O) groups excluding carboxylic acids is 1. The molecule has 112 valence electrons. The van der Waals surface area contributed by atoms with Gasteiger partial charge in [-0.2, -0.15) is 0 Å². The van der Waals surface area contributed by atoms with Crippen molar-refractivity contribution >= 4 is 31.9 Å². The van der Waals surface area contributed by atoms with Gasteiger partial charge in [0.05, 0.1) is 0 Å². The number of halogens is 2. The van der Waals surface area contributed by atoms with Gasteiger partial charge in [-0.3, -0.25) is 4.79 Å². The van der Waals surface area contributed by atoms with Crippen molar-refractivity contribution in [3.8, 4) is 0 Å². The summed E-state index contributed by atoms with van der Waals surface area (Å²) in [6, 6.07) is 6.47. The summed E-state index contributed by atoms with van der Waals surface area (Å²) in [5, 5.41) is 6.85. The molecule has 1 amide bonds. The molecule has 2 aromatic rings. The third-order valence-corrected chi connectivity index (χ3v) is 3.70. The lowest BCUT2D eigenvalue weighted by Gasteiger charge is -2.04. The highest BCUT2D eigenvalue weighted by Gasteiger charge is 2.17. The van der Waals surface area contributed by atoms with Gasteiger partial charge in [0.2, 0.25) is 5.09 Å². The Morgan fingerprint density at radius 1 is 1.33 bits per heavy atom. The van der Waals surface area contributed by atoms with Crippen LogP contribution in [0, 0.1) is 5.82 Å². The van der Waals surface area contributed by atoms with E-state index in [2.05, 4.69) is 21.2 Å². The molecule has 1 aromatic heterocycles. The quantitative estimate of drug-likeness (QED) is 0.848. The zero-order valence-corrected chi connectivity index (χ0v) is 12.9. The summed E-state index contributed by atoms with van der Waals surface area (Å²) in [5.41, 5.74) is 0.536. The Kier molecular flexibility index (Phi) is 4.45. The van der Waals surface area contributed by atoms with Gasteiger partial charge in [0.1, 0.15) is 5.82 Å². The molecule has 0 bridgehead atoms. The van der Waals surface area contributed by atoms with Crippen LogP contribution in [-0.4, -0.2) is 14.3 Å². The highest BCUT2D eigenvalue weighted by atomic mass is 79.9. The molecule has 0 atom stereocenters. The molecule has 2 rings (SSSR count). The van der Waals surface area contributed by atoms with Gasteiger partial charge in [-0.05, 0) is 35.9 Å². The van der Waals surface area contributed by atoms with E-state index in [9.17, 15) is 17.6 Å². The monoisotopic (exact) mass is 376 g/mol. The second-order valence-electron chi connectivity index (χ2n) is 4.12. The molecule has 0 aliphatic heterocycles. The Balaban J connectivity index is 2.06. The van der Waals surface area contributed by atoms with Gasteiger partial charge in [-0.1, -0.05) is 15.9 Å². The maximum absolute atomic E-state index is 13.2. The minimum absolute atomic E-state index is 0.0562. The molecule has 0 saturated carbocycles. The van der Waals surface area contributed by atoms with Crippen molar-refractivity contribution in [3.63, 3.8) is 0 Å². The van der Waals surface area contributed by atoms with Crippen LogP contribution in [0.5, 0.6) is 0 Å². The summed E-state index contributed by atoms with van der Waals surface area (Å²) in [6.45, 7) is 0.0562. The molecule has 0 saturated heterocycles. The SMILES string of the molecule is NS(=O)(=O)c1ccc(C(=O)NCc2cc(F)cc(Br)c2)o1. The lowest BCUT2D eigenvalue weighted by molar-refractivity contribution is 0.0918. The van der Waals surface area contributed by atoms with E-state index in [1.165, 1.54) is 18.2 Å². The zero-order valence-electron chi connectivity index (χ0n) is 10.5. The number of nitrogens with one attached hydrogen (secondary N) is 1. The fraction of sp³-hybridized carbons (Fsp3) is 0.0833. The smallest absolute Gasteiger partial charge is 0.287 e. The minimum atomic E-state index is -4.00. The van der Waals surface area contributed by atoms with E-state index in [-0.39, 0.29) is 12.3 Å². The predicted molar refractivity (Wildman–Crippen MR) is 75.4 cm³/mol. The molecule has 0 fully saturated rings. The lowest BCUT2D eigenvalue weighted by atomic mass is 10.2. The lowest BCUT2D eigenvalue weighted by Crippen LogP contribution is -2.22. The molecular formula is C12H10BrFN2O4S. The highest BCUT2D eigenvalue weighted by molar-refractivity contribution is 9.10. The van der Waals surface area contributed by atoms with Crippen molar-refractivity contribution in [1.29, 1.82) is 0 Å². The normalized spacial score (nSPS) is 11.4. The van der Waals surface area contributed by atoms with E-state index < -0.39 is 26.8 Å². The first kappa shape index (κ1) is 15.7. The number of furan rings is 1. The van der Waals surface area contributed by atoms with E-state index in [0.717, 1.165) is 6.07 Å². The summed E-state index contributed by atoms with van der Waals surface area (Å²) in [7, 11) is -4.00. The van der Waals surface area contributed by atoms with Gasteiger partial charge < -0.3 is 9.73 Å². The highest BCUT2D eigenvalue weighted by Crippen LogP contribution is 2.15. The summed E-state index contributed by atoms with van der Waals surface area (Å²) < 4.78 is 40.6. The summed E-state index contributed by atoms with van der Waals surface area (Å²) >= 11 is 3.14. The van der Waals surface area contributed by atoms with E-state index >= 15 is 0 Å². The number of amides is 1. The molecule has 6 nitrogen and oxygen atoms in total. The van der Waals surface area contributed by atoms with Crippen molar-refractivity contribution in [3.05, 3.63) is 51.9 Å². The van der Waals surface area contributed by atoms with Crippen molar-refractivity contribution < 1.29 is 22.0 Å². The molecule has 0 aliphatic rings. The van der Waals surface area contributed by atoms with Crippen LogP contribution in [0.15, 0.2) is 44.3 Å². The van der Waals surface area contributed by atoms with E-state index in [1.807, 2.05) is 0 Å². The third kappa shape index (κ3) is 4.13. The number of sulfonamides is 1. The predicted octanol–water partition coefficient (Wildman–Crippen LogP) is 1.76. The third-order valence-electron chi connectivity index (χ3n) is 2.46. The molecule has 9 heteroatoms. The van der Waals surface area contributed by atoms with Crippen molar-refractivity contribution in [2.24, 2.45) is 5.14 Å². The van der Waals surface area contributed by atoms with Gasteiger partial charge in [-0.25, -0.2) is 17.9 Å². The van der Waals surface area contributed by atoms with Crippen LogP contribution in [0.2, 0.25) is 0 Å². The second kappa shape index (κ2) is 5.96. The van der Waals surface area contributed by atoms with Crippen LogP contribution in [0.25, 0.3) is 0 Å². The molecule has 21 heavy (non-hydrogen) atoms. The molecular weight excluding hydrogens is 367 g/mol. The fourth-order valence-corrected chi connectivity index (χ4v) is 2.55. The Morgan fingerprint density at radius 3 is 2.62 bits per heavy atom. The number of carbonyl (C=O) groups is 1. The molecule has 0 radical (unpaired) electrons. The van der Waals surface area contributed by atoms with Crippen molar-refractivity contribution in [1.82, 2.24) is 5.32 Å². The fourth-order valence-electron chi connectivity index (χ4n) is 1.58. The molecule has 1 aromatic carbocycles. The van der Waals surface area contributed by atoms with Gasteiger partial charge in [-0.15, -0.1) is 0 Å². The first-order valence-corrected chi connectivity index (χ1v) is 7.95. The van der Waals surface area contributed by atoms with Crippen LogP contribution in [0.4, 0.5) is 4.39 Å². The minimum Gasteiger partial charge on any atom is -0.438 e. The van der Waals surface area contributed by atoms with Gasteiger partial charge in [0.25, 0.3) is 15.9 Å². The zero-order chi connectivity index (χ0) is 15.6. The number of benzene rings is 1. The Bertz CT molecular complexity index is 768. The van der Waals surface area contributed by atoms with Crippen LogP contribution in [0.3, 0.4) is 0 Å². The molecule has 0 aliphatic carbocycles. The topological polar surface area (TPSA) is 102 Å². The summed E-state index contributed by atoms with van der Waals surface area (Å²) in [5.74, 6) is -1.28. The number of hydrogen-bond donors (Lipinski definition) is 2. The van der Waals surface area contributed by atoms with Crippen molar-refractivity contribution in [2.75, 3.05) is 0 Å². The first-order valence-electron chi connectivity index (χ1n) is 5.61. The summed E-state index contributed by atoms with van der Waals surface area (Å²) in [6.07, 6.45) is 0. The Hall–Kier alpha value is -1.71. The molecule has 3 N–H and O–H groups in total. The van der Waals surface area contributed by atoms with E-state index in [4.69, 9.17) is 9.56 Å². The Morgan fingerprint density at radius 2 is 2.05 bits per heavy atom. The van der Waals surface area contributed by atoms with Gasteiger partial charge >= 0.3 is 0 Å². The number of rotatable bonds is 4. The maximum Gasteiger partial charge on any atom is 0.287 e. The molecule has 0 unspecified atom stereocenters. The standard InChI is InChI=1S/C12H10BrFN2O4S/c13-8-3-7(4-9(14)5-8)6-16-12(17)10-1-2-11(20-10)21(15,18)19/h1-5H,6H2,(H,16,17)(H2,15,18,19). The van der Waals surface area contributed by atoms with Crippen molar-refractivity contribution in [2.45, 2.75) is 11.6 Å². The Labute approximate surface area is 128 Å². The number of primary sulfonamides is 1. The number of hydrogen-bond acceptors (Lipinski definition) is 4. The van der Waals surface area contributed by atoms with Crippen LogP contribution >= 0.6 is 15.9 Å². The summed E-state index contributed by atoms with van der Waals surface area (Å²) in [4.78, 5) is 11.8. The van der Waals surface area contributed by atoms with Gasteiger partial charge in [0.15, 0.2) is 5.76 Å². The largest absolute Gasteiger partial charge is 0.438 e. The van der Waals surface area contributed by atoms with E-state index in [1.54, 1.807) is 6.07 Å². The van der Waals surface area contributed by atoms with E-state index in [0.29, 0.717) is 10.0 Å². The average molecular weight is 377 g/mol. The van der Waals surface area contributed by atoms with Crippen LogP contribution < -0.4 is 10.5 Å². The molecule has 1 heterocycles. The maximum atomic E-state index is 13.2. The van der Waals surface area contributed by atoms with Crippen LogP contribution in [0.1, 0.15) is 16.1 Å². The second-order valence-corrected chi connectivity index (χ2v) is 6.53. The first-order chi connectivity index (χ1) is 9.75.